The highest BCUT2D eigenvalue weighted by molar-refractivity contribution is 7.80. The highest BCUT2D eigenvalue weighted by Crippen LogP contribution is 2.26. The fourth-order valence-electron chi connectivity index (χ4n) is 2.36. The zero-order chi connectivity index (χ0) is 13.3. The number of rotatable bonds is 3. The minimum absolute atomic E-state index is 0.248. The van der Waals surface area contributed by atoms with Crippen LogP contribution >= 0.6 is 12.2 Å². The summed E-state index contributed by atoms with van der Waals surface area (Å²) in [7, 11) is 4.15. The van der Waals surface area contributed by atoms with Crippen molar-refractivity contribution in [1.29, 1.82) is 0 Å². The Morgan fingerprint density at radius 2 is 2.22 bits per heavy atom. The Bertz CT molecular complexity index is 462. The Morgan fingerprint density at radius 3 is 2.78 bits per heavy atom. The summed E-state index contributed by atoms with van der Waals surface area (Å²) in [6.07, 6.45) is 1.10. The summed E-state index contributed by atoms with van der Waals surface area (Å²) < 4.78 is 13.3. The highest BCUT2D eigenvalue weighted by Gasteiger charge is 2.26. The van der Waals surface area contributed by atoms with Gasteiger partial charge in [-0.05, 0) is 38.7 Å². The Balaban J connectivity index is 2.27. The second kappa shape index (κ2) is 5.20. The van der Waals surface area contributed by atoms with E-state index in [1.807, 2.05) is 0 Å². The van der Waals surface area contributed by atoms with Gasteiger partial charge in [0.15, 0.2) is 0 Å². The summed E-state index contributed by atoms with van der Waals surface area (Å²) in [6.45, 7) is 1.87. The van der Waals surface area contributed by atoms with Crippen LogP contribution in [0, 0.1) is 5.82 Å². The molecule has 5 heteroatoms. The summed E-state index contributed by atoms with van der Waals surface area (Å²) >= 11 is 5.00. The van der Waals surface area contributed by atoms with E-state index in [-0.39, 0.29) is 10.8 Å². The average molecular weight is 267 g/mol. The first-order valence-corrected chi connectivity index (χ1v) is 6.40. The maximum absolute atomic E-state index is 13.3. The molecule has 18 heavy (non-hydrogen) atoms. The molecule has 1 unspecified atom stereocenters. The molecule has 0 radical (unpaired) electrons. The average Bonchev–Trinajstić information content (AvgIpc) is 2.78. The van der Waals surface area contributed by atoms with Crippen LogP contribution in [0.3, 0.4) is 0 Å². The quantitative estimate of drug-likeness (QED) is 0.843. The van der Waals surface area contributed by atoms with Gasteiger partial charge < -0.3 is 15.5 Å². The van der Waals surface area contributed by atoms with Crippen molar-refractivity contribution in [3.8, 4) is 0 Å². The van der Waals surface area contributed by atoms with Gasteiger partial charge in [0.25, 0.3) is 0 Å². The number of thiocarbonyl (C=S) groups is 1. The Morgan fingerprint density at radius 1 is 1.50 bits per heavy atom. The second-order valence-electron chi connectivity index (χ2n) is 4.88. The van der Waals surface area contributed by atoms with Crippen molar-refractivity contribution < 1.29 is 4.39 Å². The molecular weight excluding hydrogens is 249 g/mol. The molecule has 0 bridgehead atoms. The van der Waals surface area contributed by atoms with Gasteiger partial charge in [0, 0.05) is 30.4 Å². The number of likely N-dealkylation sites (N-methyl/N-ethyl adjacent to an activating group) is 1. The van der Waals surface area contributed by atoms with Gasteiger partial charge in [-0.25, -0.2) is 4.39 Å². The molecule has 0 amide bonds. The summed E-state index contributed by atoms with van der Waals surface area (Å²) in [6, 6.07) is 5.16. The molecule has 0 spiro atoms. The Hall–Kier alpha value is -1.20. The van der Waals surface area contributed by atoms with Crippen molar-refractivity contribution in [2.24, 2.45) is 5.73 Å². The molecule has 0 aromatic heterocycles. The predicted octanol–water partition coefficient (Wildman–Crippen LogP) is 1.60. The molecule has 1 aromatic carbocycles. The fraction of sp³-hybridized carbons (Fsp3) is 0.462. The molecule has 0 saturated carbocycles. The van der Waals surface area contributed by atoms with Crippen LogP contribution < -0.4 is 10.6 Å². The molecule has 0 aliphatic carbocycles. The number of hydrogen-bond acceptors (Lipinski definition) is 3. The maximum atomic E-state index is 13.3. The lowest BCUT2D eigenvalue weighted by atomic mass is 10.1. The van der Waals surface area contributed by atoms with E-state index in [1.54, 1.807) is 6.07 Å². The topological polar surface area (TPSA) is 32.5 Å². The first-order valence-electron chi connectivity index (χ1n) is 6.00. The molecule has 2 N–H and O–H groups in total. The van der Waals surface area contributed by atoms with Crippen molar-refractivity contribution in [2.45, 2.75) is 12.5 Å². The van der Waals surface area contributed by atoms with Gasteiger partial charge in [-0.15, -0.1) is 0 Å². The second-order valence-corrected chi connectivity index (χ2v) is 5.32. The molecular formula is C13H18FN3S. The predicted molar refractivity (Wildman–Crippen MR) is 76.6 cm³/mol. The molecule has 1 aliphatic rings. The van der Waals surface area contributed by atoms with Gasteiger partial charge in [0.1, 0.15) is 10.8 Å². The van der Waals surface area contributed by atoms with Crippen LogP contribution in [0.25, 0.3) is 0 Å². The van der Waals surface area contributed by atoms with Gasteiger partial charge in [0.2, 0.25) is 0 Å². The molecule has 1 saturated heterocycles. The highest BCUT2D eigenvalue weighted by atomic mass is 32.1. The smallest absolute Gasteiger partial charge is 0.124 e. The summed E-state index contributed by atoms with van der Waals surface area (Å²) in [5, 5.41) is 0. The number of anilines is 1. The van der Waals surface area contributed by atoms with Crippen LogP contribution in [0.15, 0.2) is 18.2 Å². The third-order valence-corrected chi connectivity index (χ3v) is 3.68. The van der Waals surface area contributed by atoms with E-state index in [1.165, 1.54) is 12.1 Å². The molecule has 3 nitrogen and oxygen atoms in total. The van der Waals surface area contributed by atoms with E-state index in [0.717, 1.165) is 25.2 Å². The first-order chi connectivity index (χ1) is 8.49. The minimum atomic E-state index is -0.301. The largest absolute Gasteiger partial charge is 0.389 e. The van der Waals surface area contributed by atoms with Gasteiger partial charge in [-0.1, -0.05) is 12.2 Å². The summed E-state index contributed by atoms with van der Waals surface area (Å²) in [5.74, 6) is -0.301. The Kier molecular flexibility index (Phi) is 3.82. The third-order valence-electron chi connectivity index (χ3n) is 3.46. The Labute approximate surface area is 112 Å². The van der Waals surface area contributed by atoms with E-state index < -0.39 is 0 Å². The maximum Gasteiger partial charge on any atom is 0.124 e. The van der Waals surface area contributed by atoms with Crippen LogP contribution in [0.5, 0.6) is 0 Å². The zero-order valence-corrected chi connectivity index (χ0v) is 11.5. The lowest BCUT2D eigenvalue weighted by molar-refractivity contribution is 0.315. The molecule has 1 aliphatic heterocycles. The van der Waals surface area contributed by atoms with E-state index in [0.29, 0.717) is 11.6 Å². The van der Waals surface area contributed by atoms with Crippen LogP contribution in [0.4, 0.5) is 10.1 Å². The summed E-state index contributed by atoms with van der Waals surface area (Å²) in [4.78, 5) is 4.68. The molecule has 1 atom stereocenters. The standard InChI is InChI=1S/C13H18FN3S/c1-16(2)10-5-6-17(8-10)12-4-3-9(14)7-11(12)13(15)18/h3-4,7,10H,5-6,8H2,1-2H3,(H2,15,18). The lowest BCUT2D eigenvalue weighted by Crippen LogP contribution is -2.32. The number of nitrogens with zero attached hydrogens (tertiary/aromatic N) is 2. The van der Waals surface area contributed by atoms with Crippen LogP contribution in [-0.2, 0) is 0 Å². The lowest BCUT2D eigenvalue weighted by Gasteiger charge is -2.23. The molecule has 1 fully saturated rings. The van der Waals surface area contributed by atoms with Crippen molar-refractivity contribution in [1.82, 2.24) is 4.90 Å². The van der Waals surface area contributed by atoms with Gasteiger partial charge >= 0.3 is 0 Å². The number of benzene rings is 1. The number of nitrogens with two attached hydrogens (primary N) is 1. The third kappa shape index (κ3) is 2.62. The summed E-state index contributed by atoms with van der Waals surface area (Å²) in [5.41, 5.74) is 7.24. The van der Waals surface area contributed by atoms with Crippen molar-refractivity contribution in [2.75, 3.05) is 32.1 Å². The monoisotopic (exact) mass is 267 g/mol. The minimum Gasteiger partial charge on any atom is -0.389 e. The molecule has 1 aromatic rings. The normalized spacial score (nSPS) is 19.6. The van der Waals surface area contributed by atoms with E-state index in [4.69, 9.17) is 18.0 Å². The van der Waals surface area contributed by atoms with Gasteiger partial charge in [0.05, 0.1) is 0 Å². The zero-order valence-electron chi connectivity index (χ0n) is 10.7. The number of halogens is 1. The van der Waals surface area contributed by atoms with Crippen LogP contribution in [-0.4, -0.2) is 43.1 Å². The number of hydrogen-bond donors (Lipinski definition) is 1. The molecule has 2 rings (SSSR count). The van der Waals surface area contributed by atoms with E-state index in [9.17, 15) is 4.39 Å². The molecule has 1 heterocycles. The van der Waals surface area contributed by atoms with E-state index >= 15 is 0 Å². The fourth-order valence-corrected chi connectivity index (χ4v) is 2.53. The van der Waals surface area contributed by atoms with E-state index in [2.05, 4.69) is 23.9 Å². The first kappa shape index (κ1) is 13.2. The van der Waals surface area contributed by atoms with Crippen molar-refractivity contribution in [3.63, 3.8) is 0 Å². The van der Waals surface area contributed by atoms with Gasteiger partial charge in [-0.2, -0.15) is 0 Å². The van der Waals surface area contributed by atoms with Gasteiger partial charge in [-0.3, -0.25) is 0 Å². The van der Waals surface area contributed by atoms with Crippen molar-refractivity contribution in [3.05, 3.63) is 29.6 Å². The van der Waals surface area contributed by atoms with Crippen molar-refractivity contribution >= 4 is 22.9 Å². The van der Waals surface area contributed by atoms with Crippen LogP contribution in [0.2, 0.25) is 0 Å². The SMILES string of the molecule is CN(C)C1CCN(c2ccc(F)cc2C(N)=S)C1. The molecule has 98 valence electrons. The van der Waals surface area contributed by atoms with Crippen LogP contribution in [0.1, 0.15) is 12.0 Å².